The van der Waals surface area contributed by atoms with Crippen LogP contribution < -0.4 is 0 Å². The molecule has 140 valence electrons. The molecule has 27 heavy (non-hydrogen) atoms. The maximum Gasteiger partial charge on any atom is 0.253 e. The minimum absolute atomic E-state index is 0.0463. The van der Waals surface area contributed by atoms with Gasteiger partial charge in [0.15, 0.2) is 5.78 Å². The number of hydrogen-bond donors (Lipinski definition) is 0. The molecule has 0 spiro atoms. The van der Waals surface area contributed by atoms with Crippen molar-refractivity contribution in [2.75, 3.05) is 32.7 Å². The Hall–Kier alpha value is -2.72. The van der Waals surface area contributed by atoms with Gasteiger partial charge >= 0.3 is 0 Å². The molecule has 1 aliphatic heterocycles. The number of ketones is 1. The van der Waals surface area contributed by atoms with Crippen LogP contribution >= 0.6 is 0 Å². The molecule has 2 aromatic rings. The second-order valence-electron chi connectivity index (χ2n) is 6.76. The molecule has 0 bridgehead atoms. The fourth-order valence-corrected chi connectivity index (χ4v) is 3.22. The molecule has 0 unspecified atom stereocenters. The predicted molar refractivity (Wildman–Crippen MR) is 109 cm³/mol. The van der Waals surface area contributed by atoms with E-state index in [4.69, 9.17) is 0 Å². The quantitative estimate of drug-likeness (QED) is 0.735. The van der Waals surface area contributed by atoms with Crippen LogP contribution in [-0.2, 0) is 0 Å². The number of Topliss-reactive ketones (excluding diaryl/α,β-unsaturated/α-hetero) is 1. The monoisotopic (exact) mass is 362 g/mol. The molecule has 4 nitrogen and oxygen atoms in total. The maximum absolute atomic E-state index is 12.7. The number of carbonyl (C=O) groups is 2. The minimum Gasteiger partial charge on any atom is -0.336 e. The average Bonchev–Trinajstić information content (AvgIpc) is 2.74. The molecule has 0 radical (unpaired) electrons. The fraction of sp³-hybridized carbons (Fsp3) is 0.304. The molecule has 0 atom stereocenters. The van der Waals surface area contributed by atoms with Gasteiger partial charge < -0.3 is 4.90 Å². The second-order valence-corrected chi connectivity index (χ2v) is 6.76. The van der Waals surface area contributed by atoms with Crippen molar-refractivity contribution in [3.05, 3.63) is 77.4 Å². The molecule has 0 aliphatic carbocycles. The molecule has 0 N–H and O–H groups in total. The van der Waals surface area contributed by atoms with Crippen LogP contribution in [0.25, 0.3) is 6.08 Å². The highest BCUT2D eigenvalue weighted by Crippen LogP contribution is 2.12. The SMILES string of the molecule is CCC(=O)c1ccc(C(=O)N2CCN(C/C=C/c3ccccc3)CC2)cc1. The van der Waals surface area contributed by atoms with Crippen LogP contribution in [0.5, 0.6) is 0 Å². The zero-order valence-corrected chi connectivity index (χ0v) is 15.8. The lowest BCUT2D eigenvalue weighted by Gasteiger charge is -2.34. The van der Waals surface area contributed by atoms with E-state index in [0.717, 1.165) is 32.7 Å². The van der Waals surface area contributed by atoms with Gasteiger partial charge in [-0.15, -0.1) is 0 Å². The highest BCUT2D eigenvalue weighted by atomic mass is 16.2. The Kier molecular flexibility index (Phi) is 6.55. The molecule has 1 amide bonds. The van der Waals surface area contributed by atoms with Gasteiger partial charge in [-0.3, -0.25) is 14.5 Å². The van der Waals surface area contributed by atoms with E-state index in [9.17, 15) is 9.59 Å². The number of benzene rings is 2. The zero-order valence-electron chi connectivity index (χ0n) is 15.8. The summed E-state index contributed by atoms with van der Waals surface area (Å²) in [5.74, 6) is 0.149. The van der Waals surface area contributed by atoms with E-state index in [2.05, 4.69) is 29.2 Å². The smallest absolute Gasteiger partial charge is 0.253 e. The van der Waals surface area contributed by atoms with Gasteiger partial charge in [0.05, 0.1) is 0 Å². The Morgan fingerprint density at radius 2 is 1.52 bits per heavy atom. The van der Waals surface area contributed by atoms with Crippen LogP contribution in [0.4, 0.5) is 0 Å². The summed E-state index contributed by atoms with van der Waals surface area (Å²) in [6.07, 6.45) is 4.79. The van der Waals surface area contributed by atoms with Gasteiger partial charge in [0, 0.05) is 50.3 Å². The Bertz CT molecular complexity index is 789. The van der Waals surface area contributed by atoms with Crippen molar-refractivity contribution in [2.45, 2.75) is 13.3 Å². The molecule has 0 aromatic heterocycles. The van der Waals surface area contributed by atoms with Crippen LogP contribution in [0.3, 0.4) is 0 Å². The van der Waals surface area contributed by atoms with E-state index in [1.54, 1.807) is 24.3 Å². The third-order valence-electron chi connectivity index (χ3n) is 4.91. The van der Waals surface area contributed by atoms with Gasteiger partial charge in [-0.25, -0.2) is 0 Å². The maximum atomic E-state index is 12.7. The third kappa shape index (κ3) is 5.14. The summed E-state index contributed by atoms with van der Waals surface area (Å²) in [6, 6.07) is 17.3. The molecule has 1 heterocycles. The van der Waals surface area contributed by atoms with Gasteiger partial charge in [-0.2, -0.15) is 0 Å². The van der Waals surface area contributed by atoms with Crippen LogP contribution in [0.15, 0.2) is 60.7 Å². The normalized spacial score (nSPS) is 15.2. The Morgan fingerprint density at radius 1 is 0.889 bits per heavy atom. The van der Waals surface area contributed by atoms with Crippen molar-refractivity contribution in [3.63, 3.8) is 0 Å². The molecular formula is C23H26N2O2. The molecule has 1 aliphatic rings. The van der Waals surface area contributed by atoms with Crippen molar-refractivity contribution in [2.24, 2.45) is 0 Å². The van der Waals surface area contributed by atoms with Gasteiger partial charge in [0.25, 0.3) is 5.91 Å². The van der Waals surface area contributed by atoms with E-state index >= 15 is 0 Å². The number of hydrogen-bond acceptors (Lipinski definition) is 3. The largest absolute Gasteiger partial charge is 0.336 e. The lowest BCUT2D eigenvalue weighted by molar-refractivity contribution is 0.0650. The Balaban J connectivity index is 1.49. The molecule has 2 aromatic carbocycles. The molecule has 0 saturated carbocycles. The van der Waals surface area contributed by atoms with Crippen LogP contribution in [-0.4, -0.2) is 54.2 Å². The van der Waals surface area contributed by atoms with E-state index in [1.807, 2.05) is 30.0 Å². The molecular weight excluding hydrogens is 336 g/mol. The number of carbonyl (C=O) groups excluding carboxylic acids is 2. The first kappa shape index (κ1) is 19.1. The number of rotatable bonds is 6. The predicted octanol–water partition coefficient (Wildman–Crippen LogP) is 3.75. The second kappa shape index (κ2) is 9.28. The van der Waals surface area contributed by atoms with Gasteiger partial charge in [-0.05, 0) is 17.7 Å². The summed E-state index contributed by atoms with van der Waals surface area (Å²) in [7, 11) is 0. The number of piperazine rings is 1. The van der Waals surface area contributed by atoms with Crippen LogP contribution in [0.2, 0.25) is 0 Å². The van der Waals surface area contributed by atoms with Crippen LogP contribution in [0, 0.1) is 0 Å². The zero-order chi connectivity index (χ0) is 19.1. The first-order valence-corrected chi connectivity index (χ1v) is 9.54. The minimum atomic E-state index is 0.0463. The highest BCUT2D eigenvalue weighted by molar-refractivity contribution is 5.98. The van der Waals surface area contributed by atoms with Crippen molar-refractivity contribution >= 4 is 17.8 Å². The number of amides is 1. The molecule has 4 heteroatoms. The molecule has 1 saturated heterocycles. The molecule has 1 fully saturated rings. The summed E-state index contributed by atoms with van der Waals surface area (Å²) in [6.45, 7) is 5.94. The Labute approximate surface area is 161 Å². The van der Waals surface area contributed by atoms with E-state index in [0.29, 0.717) is 17.5 Å². The summed E-state index contributed by atoms with van der Waals surface area (Å²) in [4.78, 5) is 28.6. The van der Waals surface area contributed by atoms with Crippen LogP contribution in [0.1, 0.15) is 39.6 Å². The third-order valence-corrected chi connectivity index (χ3v) is 4.91. The summed E-state index contributed by atoms with van der Waals surface area (Å²) < 4.78 is 0. The summed E-state index contributed by atoms with van der Waals surface area (Å²) in [5, 5.41) is 0. The summed E-state index contributed by atoms with van der Waals surface area (Å²) >= 11 is 0. The lowest BCUT2D eigenvalue weighted by Crippen LogP contribution is -2.48. The van der Waals surface area contributed by atoms with Gasteiger partial charge in [0.2, 0.25) is 0 Å². The first-order valence-electron chi connectivity index (χ1n) is 9.54. The fourth-order valence-electron chi connectivity index (χ4n) is 3.22. The highest BCUT2D eigenvalue weighted by Gasteiger charge is 2.21. The van der Waals surface area contributed by atoms with Crippen molar-refractivity contribution in [1.82, 2.24) is 9.80 Å². The van der Waals surface area contributed by atoms with E-state index < -0.39 is 0 Å². The summed E-state index contributed by atoms with van der Waals surface area (Å²) in [5.41, 5.74) is 2.53. The average molecular weight is 362 g/mol. The van der Waals surface area contributed by atoms with Crippen molar-refractivity contribution in [3.8, 4) is 0 Å². The van der Waals surface area contributed by atoms with Crippen molar-refractivity contribution < 1.29 is 9.59 Å². The first-order chi connectivity index (χ1) is 13.2. The molecule has 3 rings (SSSR count). The Morgan fingerprint density at radius 3 is 2.15 bits per heavy atom. The van der Waals surface area contributed by atoms with Gasteiger partial charge in [-0.1, -0.05) is 61.5 Å². The standard InChI is InChI=1S/C23H26N2O2/c1-2-22(26)20-10-12-21(13-11-20)23(27)25-17-15-24(16-18-25)14-6-9-19-7-4-3-5-8-19/h3-13H,2,14-18H2,1H3/b9-6+. The number of nitrogens with zero attached hydrogens (tertiary/aromatic N) is 2. The van der Waals surface area contributed by atoms with Crippen molar-refractivity contribution in [1.29, 1.82) is 0 Å². The van der Waals surface area contributed by atoms with E-state index in [-0.39, 0.29) is 11.7 Å². The van der Waals surface area contributed by atoms with Gasteiger partial charge in [0.1, 0.15) is 0 Å². The van der Waals surface area contributed by atoms with E-state index in [1.165, 1.54) is 5.56 Å². The topological polar surface area (TPSA) is 40.6 Å². The lowest BCUT2D eigenvalue weighted by atomic mass is 10.1.